The lowest BCUT2D eigenvalue weighted by Crippen LogP contribution is -2.41. The highest BCUT2D eigenvalue weighted by molar-refractivity contribution is 14.0. The van der Waals surface area contributed by atoms with Crippen molar-refractivity contribution in [3.63, 3.8) is 0 Å². The third-order valence-electron chi connectivity index (χ3n) is 6.00. The Balaban J connectivity index is 0.00000225. The maximum atomic E-state index is 11.3. The SMILES string of the molecule is CCNC(=NCCc1ccc(S(N)(=O)=O)cc1)N1CC2C3CCC(O3)C2C1.I. The van der Waals surface area contributed by atoms with Crippen molar-refractivity contribution in [2.75, 3.05) is 26.2 Å². The highest BCUT2D eigenvalue weighted by atomic mass is 127. The van der Waals surface area contributed by atoms with Crippen LogP contribution >= 0.6 is 24.0 Å². The smallest absolute Gasteiger partial charge is 0.238 e. The molecule has 4 atom stereocenters. The molecule has 0 aromatic heterocycles. The van der Waals surface area contributed by atoms with Crippen molar-refractivity contribution < 1.29 is 13.2 Å². The third-order valence-corrected chi connectivity index (χ3v) is 6.93. The number of fused-ring (bicyclic) bond motifs is 5. The van der Waals surface area contributed by atoms with Crippen molar-refractivity contribution in [2.45, 2.75) is 43.3 Å². The Morgan fingerprint density at radius 1 is 1.21 bits per heavy atom. The second-order valence-electron chi connectivity index (χ2n) is 7.70. The van der Waals surface area contributed by atoms with E-state index in [1.165, 1.54) is 12.8 Å². The van der Waals surface area contributed by atoms with E-state index in [0.29, 0.717) is 30.6 Å². The maximum Gasteiger partial charge on any atom is 0.238 e. The average Bonchev–Trinajstić information content (AvgIpc) is 3.34. The highest BCUT2D eigenvalue weighted by Gasteiger charge is 2.53. The van der Waals surface area contributed by atoms with E-state index in [9.17, 15) is 8.42 Å². The molecule has 1 aromatic rings. The molecule has 2 bridgehead atoms. The third kappa shape index (κ3) is 4.47. The van der Waals surface area contributed by atoms with Gasteiger partial charge in [0.25, 0.3) is 0 Å². The highest BCUT2D eigenvalue weighted by Crippen LogP contribution is 2.47. The predicted octanol–water partition coefficient (Wildman–Crippen LogP) is 1.57. The number of aliphatic imine (C=N–C) groups is 1. The first-order valence-corrected chi connectivity index (χ1v) is 11.3. The molecule has 3 saturated heterocycles. The van der Waals surface area contributed by atoms with E-state index >= 15 is 0 Å². The summed E-state index contributed by atoms with van der Waals surface area (Å²) in [5.74, 6) is 2.28. The summed E-state index contributed by atoms with van der Waals surface area (Å²) in [6.07, 6.45) is 4.08. The first-order chi connectivity index (χ1) is 13.0. The van der Waals surface area contributed by atoms with Crippen molar-refractivity contribution in [1.29, 1.82) is 0 Å². The standard InChI is InChI=1S/C19H28N4O3S.HI/c1-2-21-19(23-11-15-16(12-23)18-8-7-17(15)26-18)22-10-9-13-3-5-14(6-4-13)27(20,24)25;/h3-6,15-18H,2,7-12H2,1H3,(H,21,22)(H2,20,24,25);1H. The van der Waals surface area contributed by atoms with Gasteiger partial charge in [-0.05, 0) is 43.9 Å². The Morgan fingerprint density at radius 3 is 2.36 bits per heavy atom. The van der Waals surface area contributed by atoms with Gasteiger partial charge in [-0.2, -0.15) is 0 Å². The van der Waals surface area contributed by atoms with Crippen LogP contribution in [0.15, 0.2) is 34.2 Å². The van der Waals surface area contributed by atoms with Gasteiger partial charge in [0.15, 0.2) is 5.96 Å². The van der Waals surface area contributed by atoms with E-state index in [1.54, 1.807) is 24.3 Å². The Morgan fingerprint density at radius 2 is 1.82 bits per heavy atom. The number of sulfonamides is 1. The predicted molar refractivity (Wildman–Crippen MR) is 119 cm³/mol. The van der Waals surface area contributed by atoms with Crippen molar-refractivity contribution in [2.24, 2.45) is 22.0 Å². The fourth-order valence-corrected chi connectivity index (χ4v) is 5.21. The average molecular weight is 520 g/mol. The van der Waals surface area contributed by atoms with Gasteiger partial charge in [0, 0.05) is 38.0 Å². The molecule has 0 spiro atoms. The fraction of sp³-hybridized carbons (Fsp3) is 0.632. The number of nitrogens with zero attached hydrogens (tertiary/aromatic N) is 2. The normalized spacial score (nSPS) is 28.9. The monoisotopic (exact) mass is 520 g/mol. The van der Waals surface area contributed by atoms with Crippen LogP contribution in [0, 0.1) is 11.8 Å². The van der Waals surface area contributed by atoms with E-state index in [2.05, 4.69) is 17.1 Å². The second kappa shape index (κ2) is 8.85. The van der Waals surface area contributed by atoms with E-state index in [-0.39, 0.29) is 28.9 Å². The summed E-state index contributed by atoms with van der Waals surface area (Å²) in [7, 11) is -3.64. The summed E-state index contributed by atoms with van der Waals surface area (Å²) < 4.78 is 28.7. The molecular formula is C19H29IN4O3S. The Kier molecular flexibility index (Phi) is 6.88. The zero-order valence-electron chi connectivity index (χ0n) is 16.1. The molecule has 0 amide bonds. The second-order valence-corrected chi connectivity index (χ2v) is 9.26. The number of rotatable bonds is 5. The molecule has 9 heteroatoms. The summed E-state index contributed by atoms with van der Waals surface area (Å²) in [5, 5.41) is 8.56. The van der Waals surface area contributed by atoms with E-state index in [1.807, 2.05) is 0 Å². The van der Waals surface area contributed by atoms with Crippen LogP contribution in [0.3, 0.4) is 0 Å². The minimum absolute atomic E-state index is 0. The zero-order chi connectivity index (χ0) is 19.0. The summed E-state index contributed by atoms with van der Waals surface area (Å²) in [6.45, 7) is 5.65. The minimum Gasteiger partial charge on any atom is -0.374 e. The molecule has 3 aliphatic rings. The van der Waals surface area contributed by atoms with Crippen molar-refractivity contribution in [3.8, 4) is 0 Å². The maximum absolute atomic E-state index is 11.3. The quantitative estimate of drug-likeness (QED) is 0.349. The number of halogens is 1. The number of nitrogens with two attached hydrogens (primary N) is 1. The van der Waals surface area contributed by atoms with E-state index in [0.717, 1.165) is 37.6 Å². The van der Waals surface area contributed by atoms with E-state index in [4.69, 9.17) is 14.9 Å². The number of benzene rings is 1. The number of nitrogens with one attached hydrogen (secondary N) is 1. The first kappa shape index (κ1) is 21.8. The molecule has 3 fully saturated rings. The number of guanidine groups is 1. The van der Waals surface area contributed by atoms with Gasteiger partial charge in [-0.3, -0.25) is 4.99 Å². The van der Waals surface area contributed by atoms with Gasteiger partial charge in [0.1, 0.15) is 0 Å². The van der Waals surface area contributed by atoms with Crippen LogP contribution in [-0.2, 0) is 21.2 Å². The number of primary sulfonamides is 1. The van der Waals surface area contributed by atoms with Gasteiger partial charge in [-0.25, -0.2) is 13.6 Å². The summed E-state index contributed by atoms with van der Waals surface area (Å²) in [5.41, 5.74) is 1.05. The Hall–Kier alpha value is -0.910. The number of ether oxygens (including phenoxy) is 1. The largest absolute Gasteiger partial charge is 0.374 e. The fourth-order valence-electron chi connectivity index (χ4n) is 4.70. The van der Waals surface area contributed by atoms with Gasteiger partial charge in [0.2, 0.25) is 10.0 Å². The molecule has 156 valence electrons. The van der Waals surface area contributed by atoms with Gasteiger partial charge in [-0.15, -0.1) is 24.0 Å². The molecule has 0 aliphatic carbocycles. The van der Waals surface area contributed by atoms with Crippen LogP contribution in [0.4, 0.5) is 0 Å². The minimum atomic E-state index is -3.64. The summed E-state index contributed by atoms with van der Waals surface area (Å²) in [4.78, 5) is 7.34. The molecule has 3 N–H and O–H groups in total. The van der Waals surface area contributed by atoms with Gasteiger partial charge in [0.05, 0.1) is 17.1 Å². The molecule has 7 nitrogen and oxygen atoms in total. The first-order valence-electron chi connectivity index (χ1n) is 9.76. The topological polar surface area (TPSA) is 97.0 Å². The van der Waals surface area contributed by atoms with Crippen LogP contribution < -0.4 is 10.5 Å². The van der Waals surface area contributed by atoms with Gasteiger partial charge in [-0.1, -0.05) is 12.1 Å². The molecule has 3 heterocycles. The lowest BCUT2D eigenvalue weighted by molar-refractivity contribution is 0.0767. The van der Waals surface area contributed by atoms with Gasteiger partial charge >= 0.3 is 0 Å². The molecule has 28 heavy (non-hydrogen) atoms. The lowest BCUT2D eigenvalue weighted by Gasteiger charge is -2.23. The number of likely N-dealkylation sites (tertiary alicyclic amines) is 1. The number of hydrogen-bond acceptors (Lipinski definition) is 4. The summed E-state index contributed by atoms with van der Waals surface area (Å²) in [6, 6.07) is 6.71. The van der Waals surface area contributed by atoms with Crippen LogP contribution in [0.1, 0.15) is 25.3 Å². The van der Waals surface area contributed by atoms with Crippen molar-refractivity contribution in [1.82, 2.24) is 10.2 Å². The summed E-state index contributed by atoms with van der Waals surface area (Å²) >= 11 is 0. The van der Waals surface area contributed by atoms with Gasteiger partial charge < -0.3 is 15.0 Å². The zero-order valence-corrected chi connectivity index (χ0v) is 19.2. The Labute approximate surface area is 184 Å². The van der Waals surface area contributed by atoms with Crippen LogP contribution in [-0.4, -0.2) is 57.7 Å². The van der Waals surface area contributed by atoms with Crippen molar-refractivity contribution in [3.05, 3.63) is 29.8 Å². The molecule has 1 aromatic carbocycles. The Bertz CT molecular complexity index is 797. The number of hydrogen-bond donors (Lipinski definition) is 2. The molecule has 3 aliphatic heterocycles. The molecule has 4 unspecified atom stereocenters. The molecule has 0 saturated carbocycles. The van der Waals surface area contributed by atoms with Crippen LogP contribution in [0.2, 0.25) is 0 Å². The molecule has 4 rings (SSSR count). The lowest BCUT2D eigenvalue weighted by atomic mass is 9.82. The van der Waals surface area contributed by atoms with Crippen LogP contribution in [0.5, 0.6) is 0 Å². The molecular weight excluding hydrogens is 491 g/mol. The van der Waals surface area contributed by atoms with Crippen LogP contribution in [0.25, 0.3) is 0 Å². The van der Waals surface area contributed by atoms with E-state index < -0.39 is 10.0 Å². The van der Waals surface area contributed by atoms with Crippen molar-refractivity contribution >= 4 is 40.0 Å². The molecule has 0 radical (unpaired) electrons.